The lowest BCUT2D eigenvalue weighted by molar-refractivity contribution is 0.0238. The van der Waals surface area contributed by atoms with E-state index in [1.165, 1.54) is 0 Å². The van der Waals surface area contributed by atoms with E-state index in [-0.39, 0.29) is 11.3 Å². The van der Waals surface area contributed by atoms with Crippen LogP contribution in [0.1, 0.15) is 30.1 Å². The zero-order valence-corrected chi connectivity index (χ0v) is 11.7. The van der Waals surface area contributed by atoms with Crippen molar-refractivity contribution in [1.82, 2.24) is 10.3 Å². The lowest BCUT2D eigenvalue weighted by Crippen LogP contribution is -2.39. The number of fused-ring (bicyclic) bond motifs is 1. The third-order valence-corrected chi connectivity index (χ3v) is 4.21. The summed E-state index contributed by atoms with van der Waals surface area (Å²) >= 11 is 0. The first-order chi connectivity index (χ1) is 9.68. The number of amides is 1. The van der Waals surface area contributed by atoms with Crippen molar-refractivity contribution in [2.45, 2.75) is 19.8 Å². The van der Waals surface area contributed by atoms with E-state index in [2.05, 4.69) is 17.2 Å². The van der Waals surface area contributed by atoms with E-state index in [1.807, 2.05) is 24.3 Å². The van der Waals surface area contributed by atoms with Crippen LogP contribution in [-0.2, 0) is 4.74 Å². The van der Waals surface area contributed by atoms with E-state index in [9.17, 15) is 4.79 Å². The van der Waals surface area contributed by atoms with Crippen LogP contribution in [0.2, 0.25) is 0 Å². The number of benzene rings is 1. The summed E-state index contributed by atoms with van der Waals surface area (Å²) in [7, 11) is 0. The molecule has 0 saturated carbocycles. The summed E-state index contributed by atoms with van der Waals surface area (Å²) in [5, 5.41) is 4.05. The predicted molar refractivity (Wildman–Crippen MR) is 78.8 cm³/mol. The average Bonchev–Trinajstić information content (AvgIpc) is 2.90. The van der Waals surface area contributed by atoms with Crippen LogP contribution in [0, 0.1) is 5.41 Å². The van der Waals surface area contributed by atoms with E-state index >= 15 is 0 Å². The predicted octanol–water partition coefficient (Wildman–Crippen LogP) is 2.71. The van der Waals surface area contributed by atoms with E-state index in [0.29, 0.717) is 6.54 Å². The van der Waals surface area contributed by atoms with Crippen LogP contribution in [0.4, 0.5) is 0 Å². The molecular weight excluding hydrogens is 252 g/mol. The maximum atomic E-state index is 12.3. The molecule has 0 spiro atoms. The molecule has 1 aromatic carbocycles. The first kappa shape index (κ1) is 13.2. The minimum atomic E-state index is -0.00448. The molecule has 1 amide bonds. The fourth-order valence-corrected chi connectivity index (χ4v) is 2.69. The number of rotatable bonds is 3. The smallest absolute Gasteiger partial charge is 0.253 e. The van der Waals surface area contributed by atoms with Gasteiger partial charge in [0.25, 0.3) is 5.91 Å². The molecule has 1 saturated heterocycles. The number of hydrogen-bond acceptors (Lipinski definition) is 2. The summed E-state index contributed by atoms with van der Waals surface area (Å²) in [6.07, 6.45) is 3.79. The molecule has 1 aromatic heterocycles. The number of nitrogens with one attached hydrogen (secondary N) is 2. The van der Waals surface area contributed by atoms with E-state index < -0.39 is 0 Å². The normalized spacial score (nSPS) is 18.1. The van der Waals surface area contributed by atoms with Crippen LogP contribution >= 0.6 is 0 Å². The van der Waals surface area contributed by atoms with Gasteiger partial charge >= 0.3 is 0 Å². The van der Waals surface area contributed by atoms with Gasteiger partial charge in [0, 0.05) is 36.9 Å². The molecule has 2 N–H and O–H groups in total. The quantitative estimate of drug-likeness (QED) is 0.902. The lowest BCUT2D eigenvalue weighted by Gasteiger charge is -2.33. The highest BCUT2D eigenvalue weighted by atomic mass is 16.5. The molecule has 0 bridgehead atoms. The summed E-state index contributed by atoms with van der Waals surface area (Å²) in [5.74, 6) is -0.00448. The molecule has 0 aliphatic carbocycles. The second-order valence-electron chi connectivity index (χ2n) is 5.85. The first-order valence-corrected chi connectivity index (χ1v) is 7.10. The number of aromatic amines is 1. The lowest BCUT2D eigenvalue weighted by atomic mass is 9.82. The zero-order valence-electron chi connectivity index (χ0n) is 11.7. The number of hydrogen-bond donors (Lipinski definition) is 2. The van der Waals surface area contributed by atoms with Gasteiger partial charge in [0.2, 0.25) is 0 Å². The standard InChI is InChI=1S/C16H20N2O2/c1-16(6-8-20-9-7-16)11-18-15(19)13-10-17-14-5-3-2-4-12(13)14/h2-5,10,17H,6-9,11H2,1H3,(H,18,19). The molecule has 1 aliphatic rings. The second kappa shape index (κ2) is 5.29. The number of carbonyl (C=O) groups excluding carboxylic acids is 1. The monoisotopic (exact) mass is 272 g/mol. The van der Waals surface area contributed by atoms with Gasteiger partial charge in [-0.05, 0) is 24.3 Å². The zero-order chi connectivity index (χ0) is 14.0. The van der Waals surface area contributed by atoms with E-state index in [4.69, 9.17) is 4.74 Å². The van der Waals surface area contributed by atoms with Crippen LogP contribution in [0.3, 0.4) is 0 Å². The number of aromatic nitrogens is 1. The Hall–Kier alpha value is -1.81. The third kappa shape index (κ3) is 2.56. The Morgan fingerprint density at radius 2 is 2.10 bits per heavy atom. The van der Waals surface area contributed by atoms with Gasteiger partial charge in [-0.25, -0.2) is 0 Å². The maximum absolute atomic E-state index is 12.3. The van der Waals surface area contributed by atoms with Crippen molar-refractivity contribution in [1.29, 1.82) is 0 Å². The Kier molecular flexibility index (Phi) is 3.49. The molecule has 4 nitrogen and oxygen atoms in total. The Morgan fingerprint density at radius 1 is 1.35 bits per heavy atom. The van der Waals surface area contributed by atoms with Gasteiger partial charge in [-0.1, -0.05) is 25.1 Å². The number of H-pyrrole nitrogens is 1. The fraction of sp³-hybridized carbons (Fsp3) is 0.438. The molecule has 0 atom stereocenters. The van der Waals surface area contributed by atoms with Crippen LogP contribution in [-0.4, -0.2) is 30.6 Å². The SMILES string of the molecule is CC1(CNC(=O)c2c[nH]c3ccccc23)CCOCC1. The molecule has 2 heterocycles. The van der Waals surface area contributed by atoms with Crippen molar-refractivity contribution in [3.63, 3.8) is 0 Å². The molecule has 4 heteroatoms. The molecule has 3 rings (SSSR count). The van der Waals surface area contributed by atoms with Gasteiger partial charge in [-0.15, -0.1) is 0 Å². The Morgan fingerprint density at radius 3 is 2.90 bits per heavy atom. The van der Waals surface area contributed by atoms with Crippen molar-refractivity contribution in [2.75, 3.05) is 19.8 Å². The van der Waals surface area contributed by atoms with Crippen molar-refractivity contribution in [2.24, 2.45) is 5.41 Å². The largest absolute Gasteiger partial charge is 0.381 e. The third-order valence-electron chi connectivity index (χ3n) is 4.21. The number of para-hydroxylation sites is 1. The molecular formula is C16H20N2O2. The van der Waals surface area contributed by atoms with Gasteiger partial charge in [0.1, 0.15) is 0 Å². The molecule has 106 valence electrons. The van der Waals surface area contributed by atoms with Gasteiger partial charge in [0.05, 0.1) is 5.56 Å². The number of carbonyl (C=O) groups is 1. The molecule has 1 fully saturated rings. The maximum Gasteiger partial charge on any atom is 0.253 e. The van der Waals surface area contributed by atoms with Crippen LogP contribution < -0.4 is 5.32 Å². The number of ether oxygens (including phenoxy) is 1. The summed E-state index contributed by atoms with van der Waals surface area (Å²) < 4.78 is 5.38. The van der Waals surface area contributed by atoms with Crippen LogP contribution in [0.5, 0.6) is 0 Å². The highest BCUT2D eigenvalue weighted by molar-refractivity contribution is 6.06. The summed E-state index contributed by atoms with van der Waals surface area (Å²) in [5.41, 5.74) is 1.87. The van der Waals surface area contributed by atoms with Gasteiger partial charge in [-0.3, -0.25) is 4.79 Å². The van der Waals surface area contributed by atoms with Crippen molar-refractivity contribution < 1.29 is 9.53 Å². The minimum absolute atomic E-state index is 0.00448. The van der Waals surface area contributed by atoms with Gasteiger partial charge in [-0.2, -0.15) is 0 Å². The molecule has 0 unspecified atom stereocenters. The van der Waals surface area contributed by atoms with Crippen molar-refractivity contribution >= 4 is 16.8 Å². The van der Waals surface area contributed by atoms with E-state index in [0.717, 1.165) is 42.5 Å². The van der Waals surface area contributed by atoms with Crippen LogP contribution in [0.15, 0.2) is 30.5 Å². The molecule has 2 aromatic rings. The summed E-state index contributed by atoms with van der Waals surface area (Å²) in [6.45, 7) is 4.50. The van der Waals surface area contributed by atoms with Gasteiger partial charge in [0.15, 0.2) is 0 Å². The minimum Gasteiger partial charge on any atom is -0.381 e. The highest BCUT2D eigenvalue weighted by Crippen LogP contribution is 2.29. The Bertz CT molecular complexity index is 612. The topological polar surface area (TPSA) is 54.1 Å². The average molecular weight is 272 g/mol. The Labute approximate surface area is 118 Å². The molecule has 0 radical (unpaired) electrons. The first-order valence-electron chi connectivity index (χ1n) is 7.10. The van der Waals surface area contributed by atoms with Crippen LogP contribution in [0.25, 0.3) is 10.9 Å². The highest BCUT2D eigenvalue weighted by Gasteiger charge is 2.28. The van der Waals surface area contributed by atoms with Crippen molar-refractivity contribution in [3.05, 3.63) is 36.0 Å². The fourth-order valence-electron chi connectivity index (χ4n) is 2.69. The Balaban J connectivity index is 1.70. The summed E-state index contributed by atoms with van der Waals surface area (Å²) in [4.78, 5) is 15.5. The van der Waals surface area contributed by atoms with E-state index in [1.54, 1.807) is 6.20 Å². The van der Waals surface area contributed by atoms with Gasteiger partial charge < -0.3 is 15.0 Å². The molecule has 1 aliphatic heterocycles. The summed E-state index contributed by atoms with van der Waals surface area (Å²) in [6, 6.07) is 7.86. The van der Waals surface area contributed by atoms with Crippen molar-refractivity contribution in [3.8, 4) is 0 Å². The molecule has 20 heavy (non-hydrogen) atoms. The second-order valence-corrected chi connectivity index (χ2v) is 5.85.